The number of carbonyl (C=O) groups is 1. The maximum atomic E-state index is 12.2. The van der Waals surface area contributed by atoms with Crippen LogP contribution >= 0.6 is 0 Å². The van der Waals surface area contributed by atoms with E-state index in [0.29, 0.717) is 17.9 Å². The van der Waals surface area contributed by atoms with Gasteiger partial charge in [0.25, 0.3) is 0 Å². The van der Waals surface area contributed by atoms with E-state index in [1.54, 1.807) is 0 Å². The zero-order chi connectivity index (χ0) is 12.4. The summed E-state index contributed by atoms with van der Waals surface area (Å²) in [4.78, 5) is 17.1. The lowest BCUT2D eigenvalue weighted by Crippen LogP contribution is -2.44. The average Bonchev–Trinajstić information content (AvgIpc) is 3.15. The molecule has 0 aromatic heterocycles. The number of hydrogen-bond acceptors (Lipinski definition) is 2. The normalized spacial score (nSPS) is 30.4. The highest BCUT2D eigenvalue weighted by Crippen LogP contribution is 2.33. The third kappa shape index (κ3) is 2.87. The number of nitrogens with zero attached hydrogens (tertiary/aromatic N) is 2. The summed E-state index contributed by atoms with van der Waals surface area (Å²) >= 11 is 0. The van der Waals surface area contributed by atoms with Crippen molar-refractivity contribution in [2.45, 2.75) is 57.4 Å². The fourth-order valence-corrected chi connectivity index (χ4v) is 3.50. The Morgan fingerprint density at radius 2 is 1.61 bits per heavy atom. The Bertz CT molecular complexity index is 293. The molecule has 18 heavy (non-hydrogen) atoms. The molecule has 3 fully saturated rings. The van der Waals surface area contributed by atoms with Crippen molar-refractivity contribution < 1.29 is 4.79 Å². The summed E-state index contributed by atoms with van der Waals surface area (Å²) in [6.07, 6.45) is 10.2. The van der Waals surface area contributed by atoms with Crippen molar-refractivity contribution in [2.75, 3.05) is 26.2 Å². The van der Waals surface area contributed by atoms with Crippen LogP contribution in [0.2, 0.25) is 0 Å². The lowest BCUT2D eigenvalue weighted by atomic mass is 10.2. The molecular formula is C15H26N2O. The Kier molecular flexibility index (Phi) is 3.88. The smallest absolute Gasteiger partial charge is 0.225 e. The van der Waals surface area contributed by atoms with E-state index >= 15 is 0 Å². The topological polar surface area (TPSA) is 23.6 Å². The van der Waals surface area contributed by atoms with E-state index in [1.165, 1.54) is 51.6 Å². The first-order valence-electron chi connectivity index (χ1n) is 7.87. The van der Waals surface area contributed by atoms with Gasteiger partial charge >= 0.3 is 0 Å². The van der Waals surface area contributed by atoms with Crippen molar-refractivity contribution in [2.24, 2.45) is 5.92 Å². The molecule has 0 radical (unpaired) electrons. The van der Waals surface area contributed by atoms with E-state index in [4.69, 9.17) is 0 Å². The van der Waals surface area contributed by atoms with E-state index in [1.807, 2.05) is 0 Å². The van der Waals surface area contributed by atoms with Crippen LogP contribution in [0, 0.1) is 5.92 Å². The minimum Gasteiger partial charge on any atom is -0.338 e. The summed E-state index contributed by atoms with van der Waals surface area (Å²) in [5.41, 5.74) is 0. The third-order valence-corrected chi connectivity index (χ3v) is 4.75. The molecule has 3 rings (SSSR count). The van der Waals surface area contributed by atoms with Crippen molar-refractivity contribution in [3.63, 3.8) is 0 Å². The molecule has 3 nitrogen and oxygen atoms in total. The number of amides is 1. The number of hydrogen-bond donors (Lipinski definition) is 0. The van der Waals surface area contributed by atoms with E-state index in [9.17, 15) is 4.79 Å². The molecule has 3 aliphatic rings. The average molecular weight is 250 g/mol. The highest BCUT2D eigenvalue weighted by Gasteiger charge is 2.38. The summed E-state index contributed by atoms with van der Waals surface area (Å²) in [5, 5.41) is 0. The molecule has 0 bridgehead atoms. The van der Waals surface area contributed by atoms with Gasteiger partial charge in [-0.15, -0.1) is 0 Å². The molecule has 0 spiro atoms. The zero-order valence-corrected chi connectivity index (χ0v) is 11.4. The Balaban J connectivity index is 1.54. The van der Waals surface area contributed by atoms with E-state index in [-0.39, 0.29) is 0 Å². The Hall–Kier alpha value is -0.570. The largest absolute Gasteiger partial charge is 0.338 e. The first kappa shape index (κ1) is 12.5. The van der Waals surface area contributed by atoms with Crippen LogP contribution in [0.3, 0.4) is 0 Å². The van der Waals surface area contributed by atoms with Crippen molar-refractivity contribution in [3.8, 4) is 0 Å². The predicted molar refractivity (Wildman–Crippen MR) is 72.4 cm³/mol. The second-order valence-electron chi connectivity index (χ2n) is 6.32. The second-order valence-corrected chi connectivity index (χ2v) is 6.32. The molecule has 2 heterocycles. The second kappa shape index (κ2) is 5.60. The van der Waals surface area contributed by atoms with Crippen molar-refractivity contribution in [1.82, 2.24) is 9.80 Å². The van der Waals surface area contributed by atoms with Crippen LogP contribution < -0.4 is 0 Å². The van der Waals surface area contributed by atoms with Gasteiger partial charge in [-0.05, 0) is 51.6 Å². The number of carbonyl (C=O) groups excluding carboxylic acids is 1. The van der Waals surface area contributed by atoms with Gasteiger partial charge in [0.05, 0.1) is 0 Å². The maximum absolute atomic E-state index is 12.2. The van der Waals surface area contributed by atoms with Gasteiger partial charge in [0.15, 0.2) is 0 Å². The summed E-state index contributed by atoms with van der Waals surface area (Å²) < 4.78 is 0. The van der Waals surface area contributed by atoms with Gasteiger partial charge in [0.1, 0.15) is 0 Å². The SMILES string of the molecule is O=C(C1CC1)N1CCC[C@H]1CN1CCCCCC1. The number of likely N-dealkylation sites (tertiary alicyclic amines) is 2. The molecular weight excluding hydrogens is 224 g/mol. The van der Waals surface area contributed by atoms with Crippen LogP contribution in [0.25, 0.3) is 0 Å². The lowest BCUT2D eigenvalue weighted by Gasteiger charge is -2.30. The highest BCUT2D eigenvalue weighted by atomic mass is 16.2. The standard InChI is InChI=1S/C15H26N2O/c18-15(13-7-8-13)17-11-5-6-14(17)12-16-9-3-1-2-4-10-16/h13-14H,1-12H2/t14-/m0/s1. The summed E-state index contributed by atoms with van der Waals surface area (Å²) in [5.74, 6) is 0.863. The molecule has 1 saturated carbocycles. The van der Waals surface area contributed by atoms with Gasteiger partial charge in [-0.3, -0.25) is 4.79 Å². The molecule has 0 N–H and O–H groups in total. The third-order valence-electron chi connectivity index (χ3n) is 4.75. The first-order chi connectivity index (χ1) is 8.84. The maximum Gasteiger partial charge on any atom is 0.225 e. The van der Waals surface area contributed by atoms with Crippen molar-refractivity contribution >= 4 is 5.91 Å². The quantitative estimate of drug-likeness (QED) is 0.767. The monoisotopic (exact) mass is 250 g/mol. The molecule has 1 atom stereocenters. The minimum atomic E-state index is 0.398. The van der Waals surface area contributed by atoms with Gasteiger partial charge < -0.3 is 9.80 Å². The van der Waals surface area contributed by atoms with Gasteiger partial charge in [-0.2, -0.15) is 0 Å². The molecule has 102 valence electrons. The van der Waals surface area contributed by atoms with Crippen LogP contribution in [0.5, 0.6) is 0 Å². The molecule has 0 aromatic carbocycles. The van der Waals surface area contributed by atoms with Crippen LogP contribution in [0.1, 0.15) is 51.4 Å². The van der Waals surface area contributed by atoms with Gasteiger partial charge in [-0.1, -0.05) is 12.8 Å². The van der Waals surface area contributed by atoms with Gasteiger partial charge in [0, 0.05) is 25.0 Å². The molecule has 2 aliphatic heterocycles. The Morgan fingerprint density at radius 1 is 0.889 bits per heavy atom. The summed E-state index contributed by atoms with van der Waals surface area (Å²) in [7, 11) is 0. The Morgan fingerprint density at radius 3 is 2.28 bits per heavy atom. The molecule has 3 heteroatoms. The molecule has 1 aliphatic carbocycles. The fraction of sp³-hybridized carbons (Fsp3) is 0.933. The molecule has 1 amide bonds. The van der Waals surface area contributed by atoms with E-state index in [2.05, 4.69) is 9.80 Å². The van der Waals surface area contributed by atoms with Crippen molar-refractivity contribution in [1.29, 1.82) is 0 Å². The summed E-state index contributed by atoms with van der Waals surface area (Å²) in [6.45, 7) is 4.66. The highest BCUT2D eigenvalue weighted by molar-refractivity contribution is 5.81. The summed E-state index contributed by atoms with van der Waals surface area (Å²) in [6, 6.07) is 0.524. The van der Waals surface area contributed by atoms with Crippen LogP contribution in [0.4, 0.5) is 0 Å². The van der Waals surface area contributed by atoms with E-state index in [0.717, 1.165) is 25.9 Å². The van der Waals surface area contributed by atoms with Crippen LogP contribution in [-0.2, 0) is 4.79 Å². The number of rotatable bonds is 3. The van der Waals surface area contributed by atoms with Crippen LogP contribution in [0.15, 0.2) is 0 Å². The fourth-order valence-electron chi connectivity index (χ4n) is 3.50. The first-order valence-corrected chi connectivity index (χ1v) is 7.87. The van der Waals surface area contributed by atoms with E-state index < -0.39 is 0 Å². The zero-order valence-electron chi connectivity index (χ0n) is 11.4. The Labute approximate surface area is 111 Å². The minimum absolute atomic E-state index is 0.398. The van der Waals surface area contributed by atoms with Crippen molar-refractivity contribution in [3.05, 3.63) is 0 Å². The molecule has 0 aromatic rings. The van der Waals surface area contributed by atoms with Crippen LogP contribution in [-0.4, -0.2) is 47.9 Å². The molecule has 2 saturated heterocycles. The van der Waals surface area contributed by atoms with Gasteiger partial charge in [0.2, 0.25) is 5.91 Å². The predicted octanol–water partition coefficient (Wildman–Crippen LogP) is 2.26. The lowest BCUT2D eigenvalue weighted by molar-refractivity contribution is -0.133. The molecule has 0 unspecified atom stereocenters. The van der Waals surface area contributed by atoms with Gasteiger partial charge in [-0.25, -0.2) is 0 Å².